The second-order valence-electron chi connectivity index (χ2n) is 10.8. The van der Waals surface area contributed by atoms with Crippen molar-refractivity contribution in [2.24, 2.45) is 0 Å². The van der Waals surface area contributed by atoms with Crippen molar-refractivity contribution >= 4 is 63.6 Å². The van der Waals surface area contributed by atoms with E-state index in [0.717, 1.165) is 11.3 Å². The summed E-state index contributed by atoms with van der Waals surface area (Å²) in [7, 11) is 2.67. The third-order valence-electron chi connectivity index (χ3n) is 6.92. The smallest absolute Gasteiger partial charge is 0.426 e. The molecule has 49 heavy (non-hydrogen) atoms. The van der Waals surface area contributed by atoms with Crippen LogP contribution in [0.1, 0.15) is 38.7 Å². The molecule has 0 saturated carbocycles. The van der Waals surface area contributed by atoms with Gasteiger partial charge in [0.15, 0.2) is 29.5 Å². The van der Waals surface area contributed by atoms with E-state index in [9.17, 15) is 28.8 Å². The molecule has 0 spiro atoms. The molecule has 0 bridgehead atoms. The number of carbonyl (C=O) groups is 5. The lowest BCUT2D eigenvalue weighted by atomic mass is 9.92. The maximum absolute atomic E-state index is 14.0. The minimum Gasteiger partial charge on any atom is -0.426 e. The third kappa shape index (κ3) is 11.5. The summed E-state index contributed by atoms with van der Waals surface area (Å²) in [5.41, 5.74) is -1.11. The molecular weight excluding hydrogens is 779 g/mol. The van der Waals surface area contributed by atoms with Gasteiger partial charge in [0, 0.05) is 18.6 Å². The predicted octanol–water partition coefficient (Wildman–Crippen LogP) is 2.03. The molecule has 3 rings (SSSR count). The fraction of sp³-hybridized carbons (Fsp3) is 0.452. The maximum atomic E-state index is 14.0. The zero-order valence-corrected chi connectivity index (χ0v) is 30.3. The first kappa shape index (κ1) is 39.3. The molecule has 3 amide bonds. The Morgan fingerprint density at radius 1 is 0.939 bits per heavy atom. The molecule has 0 aliphatic carbocycles. The first-order chi connectivity index (χ1) is 23.3. The van der Waals surface area contributed by atoms with E-state index in [1.165, 1.54) is 34.3 Å². The Labute approximate surface area is 298 Å². The van der Waals surface area contributed by atoms with E-state index < -0.39 is 65.8 Å². The monoisotopic (exact) mass is 816 g/mol. The van der Waals surface area contributed by atoms with Crippen LogP contribution < -0.4 is 21.8 Å². The maximum Gasteiger partial charge on any atom is 0.519 e. The number of hydrogen-bond donors (Lipinski definition) is 3. The van der Waals surface area contributed by atoms with Crippen molar-refractivity contribution in [2.45, 2.75) is 57.5 Å². The Morgan fingerprint density at radius 3 is 2.08 bits per heavy atom. The highest BCUT2D eigenvalue weighted by Crippen LogP contribution is 2.22. The third-order valence-corrected chi connectivity index (χ3v) is 9.29. The van der Waals surface area contributed by atoms with Crippen molar-refractivity contribution in [2.75, 3.05) is 31.9 Å². The molecule has 2 heterocycles. The molecule has 0 saturated heterocycles. The molecule has 0 aliphatic rings. The van der Waals surface area contributed by atoms with Crippen LogP contribution in [0.3, 0.4) is 0 Å². The summed E-state index contributed by atoms with van der Waals surface area (Å²) in [5.74, 6) is -3.64. The van der Waals surface area contributed by atoms with Gasteiger partial charge in [-0.25, -0.2) is 14.6 Å². The molecule has 3 aromatic rings. The van der Waals surface area contributed by atoms with Crippen LogP contribution in [0.25, 0.3) is 0 Å². The largest absolute Gasteiger partial charge is 0.519 e. The number of nitrogens with one attached hydrogen (secondary N) is 3. The second-order valence-corrected chi connectivity index (χ2v) is 12.8. The van der Waals surface area contributed by atoms with Crippen molar-refractivity contribution < 1.29 is 51.8 Å². The van der Waals surface area contributed by atoms with Gasteiger partial charge in [-0.3, -0.25) is 19.2 Å². The van der Waals surface area contributed by atoms with Crippen LogP contribution in [0.5, 0.6) is 0 Å². The fourth-order valence-corrected chi connectivity index (χ4v) is 5.57. The number of benzene rings is 1. The average Bonchev–Trinajstić information content (AvgIpc) is 3.66. The summed E-state index contributed by atoms with van der Waals surface area (Å²) in [6, 6.07) is 5.05. The number of methoxy groups -OCH3 is 2. The lowest BCUT2D eigenvalue weighted by Gasteiger charge is -2.31. The van der Waals surface area contributed by atoms with Crippen molar-refractivity contribution in [3.63, 3.8) is 0 Å². The molecular formula is C31H37IN4O12S. The number of halogens is 1. The zero-order valence-electron chi connectivity index (χ0n) is 27.4. The standard InChI is InChI=1S/C31H37IN4O12S/c1-17-23(47-30(42)46-17)15-45-29(41)48-31(3,16-32)25(37)20(11-19-9-7-6-8-10-19)34-26(38)21(13-43-4)35-27(39)22(14-44-5)36-28(40)24-12-33-18(2)49-24/h6-10,12,20-22H,11,13-16H2,1-5H3,(H,34,38)(H,35,39)(H,36,40)/t20-,21-,22-,31+/m0/s1. The van der Waals surface area contributed by atoms with Gasteiger partial charge in [-0.2, -0.15) is 0 Å². The average molecular weight is 817 g/mol. The van der Waals surface area contributed by atoms with E-state index in [0.29, 0.717) is 10.6 Å². The van der Waals surface area contributed by atoms with Crippen molar-refractivity contribution in [3.05, 3.63) is 74.1 Å². The Balaban J connectivity index is 1.78. The number of Topliss-reactive ketones (excluding diaryl/α,β-unsaturated/α-hetero) is 1. The van der Waals surface area contributed by atoms with Crippen LogP contribution in [0.15, 0.2) is 50.2 Å². The summed E-state index contributed by atoms with van der Waals surface area (Å²) >= 11 is 3.01. The number of alkyl halides is 1. The zero-order chi connectivity index (χ0) is 36.1. The molecule has 0 unspecified atom stereocenters. The van der Waals surface area contributed by atoms with Crippen LogP contribution in [0.2, 0.25) is 0 Å². The Morgan fingerprint density at radius 2 is 1.55 bits per heavy atom. The summed E-state index contributed by atoms with van der Waals surface area (Å²) in [4.78, 5) is 82.0. The fourth-order valence-electron chi connectivity index (χ4n) is 4.35. The number of hydrogen-bond acceptors (Lipinski definition) is 14. The van der Waals surface area contributed by atoms with Crippen molar-refractivity contribution in [3.8, 4) is 0 Å². The SMILES string of the molecule is COC[C@H](NC(=O)c1cnc(C)s1)C(=O)N[C@@H](COC)C(=O)N[C@@H](Cc1ccccc1)C(=O)[C@@](C)(CI)OC(=O)OCc1oc(=O)oc1C. The molecule has 1 aromatic carbocycles. The van der Waals surface area contributed by atoms with Gasteiger partial charge in [-0.05, 0) is 32.8 Å². The summed E-state index contributed by atoms with van der Waals surface area (Å²) in [6.07, 6.45) is 0.152. The Kier molecular flexibility index (Phi) is 14.9. The number of ether oxygens (including phenoxy) is 4. The van der Waals surface area contributed by atoms with Gasteiger partial charge in [0.25, 0.3) is 5.91 Å². The van der Waals surface area contributed by atoms with Crippen molar-refractivity contribution in [1.82, 2.24) is 20.9 Å². The second kappa shape index (κ2) is 18.6. The van der Waals surface area contributed by atoms with Crippen LogP contribution in [0, 0.1) is 13.8 Å². The van der Waals surface area contributed by atoms with Gasteiger partial charge in [0.1, 0.15) is 17.0 Å². The summed E-state index contributed by atoms with van der Waals surface area (Å²) in [5, 5.41) is 8.47. The van der Waals surface area contributed by atoms with Gasteiger partial charge in [-0.1, -0.05) is 52.9 Å². The van der Waals surface area contributed by atoms with E-state index in [1.54, 1.807) is 37.3 Å². The number of ketones is 1. The molecule has 2 aromatic heterocycles. The number of carbonyl (C=O) groups excluding carboxylic acids is 5. The van der Waals surface area contributed by atoms with Gasteiger partial charge in [0.2, 0.25) is 11.8 Å². The van der Waals surface area contributed by atoms with Crippen LogP contribution in [0.4, 0.5) is 4.79 Å². The predicted molar refractivity (Wildman–Crippen MR) is 181 cm³/mol. The van der Waals surface area contributed by atoms with E-state index in [-0.39, 0.29) is 40.5 Å². The number of aryl methyl sites for hydroxylation is 2. The van der Waals surface area contributed by atoms with E-state index in [2.05, 4.69) is 20.9 Å². The Hall–Kier alpha value is -4.14. The van der Waals surface area contributed by atoms with Crippen molar-refractivity contribution in [1.29, 1.82) is 0 Å². The number of aromatic nitrogens is 1. The number of thiazole rings is 1. The summed E-state index contributed by atoms with van der Waals surface area (Å²) < 4.78 is 30.3. The minimum atomic E-state index is -1.79. The lowest BCUT2D eigenvalue weighted by molar-refractivity contribution is -0.141. The van der Waals surface area contributed by atoms with E-state index in [4.69, 9.17) is 27.8 Å². The number of rotatable bonds is 18. The first-order valence-electron chi connectivity index (χ1n) is 14.7. The lowest BCUT2D eigenvalue weighted by Crippen LogP contribution is -2.60. The summed E-state index contributed by atoms with van der Waals surface area (Å²) in [6.45, 7) is 3.56. The van der Waals surface area contributed by atoms with Gasteiger partial charge in [-0.15, -0.1) is 11.3 Å². The topological polar surface area (TPSA) is 215 Å². The van der Waals surface area contributed by atoms with Crippen LogP contribution >= 0.6 is 33.9 Å². The van der Waals surface area contributed by atoms with Gasteiger partial charge >= 0.3 is 12.0 Å². The first-order valence-corrected chi connectivity index (χ1v) is 17.1. The normalized spacial score (nSPS) is 14.1. The van der Waals surface area contributed by atoms with Crippen LogP contribution in [-0.2, 0) is 46.4 Å². The molecule has 266 valence electrons. The molecule has 16 nitrogen and oxygen atoms in total. The molecule has 3 N–H and O–H groups in total. The molecule has 0 fully saturated rings. The highest BCUT2D eigenvalue weighted by molar-refractivity contribution is 14.1. The minimum absolute atomic E-state index is 0.000304. The highest BCUT2D eigenvalue weighted by Gasteiger charge is 2.43. The van der Waals surface area contributed by atoms with Crippen LogP contribution in [-0.4, -0.2) is 90.2 Å². The molecule has 0 radical (unpaired) electrons. The Bertz CT molecular complexity index is 1660. The number of amides is 3. The van der Waals surface area contributed by atoms with Gasteiger partial charge in [0.05, 0.1) is 30.5 Å². The van der Waals surface area contributed by atoms with E-state index >= 15 is 0 Å². The number of nitrogens with zero attached hydrogens (tertiary/aromatic N) is 1. The highest BCUT2D eigenvalue weighted by atomic mass is 127. The quantitative estimate of drug-likeness (QED) is 0.0954. The van der Waals surface area contributed by atoms with E-state index in [1.807, 2.05) is 22.6 Å². The van der Waals surface area contributed by atoms with Gasteiger partial charge < -0.3 is 43.7 Å². The molecule has 0 aliphatic heterocycles. The molecule has 18 heteroatoms. The molecule has 4 atom stereocenters.